The van der Waals surface area contributed by atoms with Crippen molar-refractivity contribution in [2.75, 3.05) is 0 Å². The van der Waals surface area contributed by atoms with Crippen molar-refractivity contribution in [1.82, 2.24) is 15.0 Å². The molecule has 0 N–H and O–H groups in total. The van der Waals surface area contributed by atoms with Gasteiger partial charge in [-0.1, -0.05) is 129 Å². The summed E-state index contributed by atoms with van der Waals surface area (Å²) in [4.78, 5) is 15.0. The van der Waals surface area contributed by atoms with Gasteiger partial charge in [0.15, 0.2) is 17.5 Å². The molecule has 7 rings (SSSR count). The van der Waals surface area contributed by atoms with Gasteiger partial charge in [-0.15, -0.1) is 0 Å². The molecular formula is C36H27N3. The third-order valence-electron chi connectivity index (χ3n) is 7.72. The minimum atomic E-state index is -0.150. The van der Waals surface area contributed by atoms with Crippen LogP contribution in [-0.4, -0.2) is 15.0 Å². The van der Waals surface area contributed by atoms with Gasteiger partial charge < -0.3 is 0 Å². The Kier molecular flexibility index (Phi) is 5.45. The zero-order chi connectivity index (χ0) is 26.4. The molecule has 0 saturated heterocycles. The normalized spacial score (nSPS) is 13.1. The molecular weight excluding hydrogens is 474 g/mol. The molecule has 1 aromatic heterocycles. The molecule has 3 heteroatoms. The summed E-state index contributed by atoms with van der Waals surface area (Å²) in [6.45, 7) is 4.63. The fraction of sp³-hybridized carbons (Fsp3) is 0.0833. The zero-order valence-electron chi connectivity index (χ0n) is 22.0. The lowest BCUT2D eigenvalue weighted by Crippen LogP contribution is -2.15. The van der Waals surface area contributed by atoms with E-state index >= 15 is 0 Å². The molecule has 0 radical (unpaired) electrons. The fourth-order valence-corrected chi connectivity index (χ4v) is 5.73. The molecule has 186 valence electrons. The molecule has 5 aromatic carbocycles. The van der Waals surface area contributed by atoms with Crippen molar-refractivity contribution in [3.63, 3.8) is 0 Å². The fourth-order valence-electron chi connectivity index (χ4n) is 5.73. The number of fused-ring (bicyclic) bond motifs is 3. The smallest absolute Gasteiger partial charge is 0.164 e. The maximum absolute atomic E-state index is 5.03. The zero-order valence-corrected chi connectivity index (χ0v) is 22.0. The van der Waals surface area contributed by atoms with Crippen molar-refractivity contribution < 1.29 is 0 Å². The summed E-state index contributed by atoms with van der Waals surface area (Å²) in [7, 11) is 0. The van der Waals surface area contributed by atoms with Gasteiger partial charge in [0, 0.05) is 22.1 Å². The largest absolute Gasteiger partial charge is 0.208 e. The van der Waals surface area contributed by atoms with Gasteiger partial charge in [-0.25, -0.2) is 15.0 Å². The lowest BCUT2D eigenvalue weighted by Gasteiger charge is -2.22. The van der Waals surface area contributed by atoms with E-state index in [0.717, 1.165) is 16.7 Å². The summed E-state index contributed by atoms with van der Waals surface area (Å²) in [5, 5.41) is 0. The molecule has 0 unspecified atom stereocenters. The summed E-state index contributed by atoms with van der Waals surface area (Å²) in [6.07, 6.45) is 0. The Bertz CT molecular complexity index is 1750. The SMILES string of the molecule is CC1(C)c2ccccc2-c2c(-c3ccccc3)cc(-c3nc(-c4ccccc4)nc(-c4ccccc4)n3)cc21. The Labute approximate surface area is 228 Å². The van der Waals surface area contributed by atoms with E-state index in [2.05, 4.69) is 80.6 Å². The quantitative estimate of drug-likeness (QED) is 0.242. The highest BCUT2D eigenvalue weighted by atomic mass is 15.0. The van der Waals surface area contributed by atoms with Crippen LogP contribution in [0.15, 0.2) is 127 Å². The summed E-state index contributed by atoms with van der Waals surface area (Å²) in [5.74, 6) is 2.02. The van der Waals surface area contributed by atoms with Crippen molar-refractivity contribution in [2.24, 2.45) is 0 Å². The first-order valence-corrected chi connectivity index (χ1v) is 13.3. The first kappa shape index (κ1) is 23.2. The highest BCUT2D eigenvalue weighted by molar-refractivity contribution is 5.94. The molecule has 3 nitrogen and oxygen atoms in total. The number of rotatable bonds is 4. The monoisotopic (exact) mass is 501 g/mol. The molecule has 39 heavy (non-hydrogen) atoms. The topological polar surface area (TPSA) is 38.7 Å². The van der Waals surface area contributed by atoms with Gasteiger partial charge in [-0.3, -0.25) is 0 Å². The molecule has 0 atom stereocenters. The molecule has 1 heterocycles. The Morgan fingerprint density at radius 3 is 1.44 bits per heavy atom. The highest BCUT2D eigenvalue weighted by Gasteiger charge is 2.37. The summed E-state index contributed by atoms with van der Waals surface area (Å²) >= 11 is 0. The molecule has 0 fully saturated rings. The van der Waals surface area contributed by atoms with Crippen molar-refractivity contribution in [1.29, 1.82) is 0 Å². The molecule has 0 aliphatic heterocycles. The second-order valence-corrected chi connectivity index (χ2v) is 10.5. The highest BCUT2D eigenvalue weighted by Crippen LogP contribution is 2.53. The van der Waals surface area contributed by atoms with E-state index in [1.165, 1.54) is 33.4 Å². The molecule has 0 bridgehead atoms. The van der Waals surface area contributed by atoms with Crippen molar-refractivity contribution >= 4 is 0 Å². The summed E-state index contributed by atoms with van der Waals surface area (Å²) in [5.41, 5.74) is 10.4. The first-order chi connectivity index (χ1) is 19.1. The average Bonchev–Trinajstić information content (AvgIpc) is 3.24. The van der Waals surface area contributed by atoms with Gasteiger partial charge >= 0.3 is 0 Å². The predicted octanol–water partition coefficient (Wildman–Crippen LogP) is 8.85. The van der Waals surface area contributed by atoms with Crippen LogP contribution in [0.1, 0.15) is 25.0 Å². The maximum Gasteiger partial charge on any atom is 0.164 e. The number of nitrogens with zero attached hydrogens (tertiary/aromatic N) is 3. The van der Waals surface area contributed by atoms with Gasteiger partial charge in [0.2, 0.25) is 0 Å². The first-order valence-electron chi connectivity index (χ1n) is 13.3. The van der Waals surface area contributed by atoms with E-state index in [0.29, 0.717) is 17.5 Å². The Balaban J connectivity index is 1.51. The number of hydrogen-bond acceptors (Lipinski definition) is 3. The van der Waals surface area contributed by atoms with Gasteiger partial charge in [0.25, 0.3) is 0 Å². The van der Waals surface area contributed by atoms with Crippen LogP contribution < -0.4 is 0 Å². The number of aromatic nitrogens is 3. The minimum Gasteiger partial charge on any atom is -0.208 e. The minimum absolute atomic E-state index is 0.150. The predicted molar refractivity (Wildman–Crippen MR) is 159 cm³/mol. The Morgan fingerprint density at radius 1 is 0.410 bits per heavy atom. The van der Waals surface area contributed by atoms with Gasteiger partial charge in [0.1, 0.15) is 0 Å². The molecule has 0 amide bonds. The number of benzene rings is 5. The van der Waals surface area contributed by atoms with Crippen LogP contribution in [0, 0.1) is 0 Å². The van der Waals surface area contributed by atoms with Crippen molar-refractivity contribution in [2.45, 2.75) is 19.3 Å². The Hall–Kier alpha value is -4.89. The molecule has 6 aromatic rings. The molecule has 0 saturated carbocycles. The van der Waals surface area contributed by atoms with Crippen molar-refractivity contribution in [3.05, 3.63) is 139 Å². The molecule has 0 spiro atoms. The van der Waals surface area contributed by atoms with Crippen LogP contribution >= 0.6 is 0 Å². The average molecular weight is 502 g/mol. The van der Waals surface area contributed by atoms with Crippen LogP contribution in [0.25, 0.3) is 56.4 Å². The summed E-state index contributed by atoms with van der Waals surface area (Å²) < 4.78 is 0. The van der Waals surface area contributed by atoms with Crippen LogP contribution in [0.5, 0.6) is 0 Å². The third kappa shape index (κ3) is 3.95. The van der Waals surface area contributed by atoms with Crippen LogP contribution in [0.2, 0.25) is 0 Å². The van der Waals surface area contributed by atoms with E-state index in [9.17, 15) is 0 Å². The van der Waals surface area contributed by atoms with E-state index < -0.39 is 0 Å². The maximum atomic E-state index is 5.03. The van der Waals surface area contributed by atoms with Gasteiger partial charge in [0.05, 0.1) is 0 Å². The molecule has 1 aliphatic rings. The van der Waals surface area contributed by atoms with E-state index in [1.807, 2.05) is 60.7 Å². The number of hydrogen-bond donors (Lipinski definition) is 0. The second-order valence-electron chi connectivity index (χ2n) is 10.5. The standard InChI is InChI=1S/C36H27N3/c1-36(2)30-21-13-12-20-28(30)32-29(24-14-6-3-7-15-24)22-27(23-31(32)36)35-38-33(25-16-8-4-9-17-25)37-34(39-35)26-18-10-5-11-19-26/h3-23H,1-2H3. The summed E-state index contributed by atoms with van der Waals surface area (Å²) in [6, 6.07) is 44.2. The van der Waals surface area contributed by atoms with Gasteiger partial charge in [-0.05, 0) is 45.5 Å². The second kappa shape index (κ2) is 9.14. The van der Waals surface area contributed by atoms with E-state index in [4.69, 9.17) is 15.0 Å². The van der Waals surface area contributed by atoms with Crippen LogP contribution in [-0.2, 0) is 5.41 Å². The lowest BCUT2D eigenvalue weighted by atomic mass is 9.81. The van der Waals surface area contributed by atoms with Crippen LogP contribution in [0.3, 0.4) is 0 Å². The van der Waals surface area contributed by atoms with Gasteiger partial charge in [-0.2, -0.15) is 0 Å². The van der Waals surface area contributed by atoms with E-state index in [1.54, 1.807) is 0 Å². The van der Waals surface area contributed by atoms with E-state index in [-0.39, 0.29) is 5.41 Å². The van der Waals surface area contributed by atoms with Crippen LogP contribution in [0.4, 0.5) is 0 Å². The lowest BCUT2D eigenvalue weighted by molar-refractivity contribution is 0.660. The van der Waals surface area contributed by atoms with Crippen molar-refractivity contribution in [3.8, 4) is 56.4 Å². The Morgan fingerprint density at radius 2 is 0.872 bits per heavy atom. The third-order valence-corrected chi connectivity index (χ3v) is 7.72. The molecule has 1 aliphatic carbocycles.